The summed E-state index contributed by atoms with van der Waals surface area (Å²) in [4.78, 5) is 9.66. The number of aromatic amines is 1. The standard InChI is InChI=1S/C11H14N6S/c1-8-9(17-4-5-18-11(17)15-8)6-12-3-2-10-13-7-14-16-10/h4-5,7,12H,2-3,6H2,1H3,(H,13,14,16). The molecule has 3 heterocycles. The summed E-state index contributed by atoms with van der Waals surface area (Å²) < 4.78 is 2.14. The van der Waals surface area contributed by atoms with Crippen LogP contribution in [0.4, 0.5) is 0 Å². The van der Waals surface area contributed by atoms with Gasteiger partial charge in [-0.3, -0.25) is 9.50 Å². The summed E-state index contributed by atoms with van der Waals surface area (Å²) in [5.74, 6) is 0.910. The van der Waals surface area contributed by atoms with Crippen molar-refractivity contribution in [3.05, 3.63) is 35.1 Å². The first-order valence-electron chi connectivity index (χ1n) is 5.80. The summed E-state index contributed by atoms with van der Waals surface area (Å²) in [6, 6.07) is 0. The largest absolute Gasteiger partial charge is 0.311 e. The van der Waals surface area contributed by atoms with Gasteiger partial charge in [0, 0.05) is 31.1 Å². The maximum absolute atomic E-state index is 4.51. The number of hydrogen-bond donors (Lipinski definition) is 2. The molecule has 0 aliphatic carbocycles. The Bertz CT molecular complexity index is 623. The van der Waals surface area contributed by atoms with Gasteiger partial charge in [0.15, 0.2) is 4.96 Å². The van der Waals surface area contributed by atoms with Gasteiger partial charge < -0.3 is 5.32 Å². The average molecular weight is 262 g/mol. The van der Waals surface area contributed by atoms with Gasteiger partial charge >= 0.3 is 0 Å². The molecule has 0 spiro atoms. The molecule has 6 nitrogen and oxygen atoms in total. The number of nitrogens with zero attached hydrogens (tertiary/aromatic N) is 4. The number of rotatable bonds is 5. The van der Waals surface area contributed by atoms with Crippen molar-refractivity contribution in [3.63, 3.8) is 0 Å². The first-order chi connectivity index (χ1) is 8.84. The Kier molecular flexibility index (Phi) is 3.07. The highest BCUT2D eigenvalue weighted by molar-refractivity contribution is 7.15. The zero-order valence-corrected chi connectivity index (χ0v) is 10.9. The van der Waals surface area contributed by atoms with Crippen LogP contribution in [0.1, 0.15) is 17.2 Å². The normalized spacial score (nSPS) is 11.4. The van der Waals surface area contributed by atoms with E-state index < -0.39 is 0 Å². The van der Waals surface area contributed by atoms with Crippen LogP contribution in [0.5, 0.6) is 0 Å². The van der Waals surface area contributed by atoms with Crippen LogP contribution in [0.15, 0.2) is 17.9 Å². The average Bonchev–Trinajstić information content (AvgIpc) is 3.03. The predicted molar refractivity (Wildman–Crippen MR) is 69.6 cm³/mol. The maximum atomic E-state index is 4.51. The SMILES string of the molecule is Cc1nc2sccn2c1CNCCc1ncn[nH]1. The molecule has 3 rings (SSSR count). The van der Waals surface area contributed by atoms with E-state index >= 15 is 0 Å². The fourth-order valence-electron chi connectivity index (χ4n) is 1.92. The van der Waals surface area contributed by atoms with Gasteiger partial charge in [-0.15, -0.1) is 11.3 Å². The highest BCUT2D eigenvalue weighted by Crippen LogP contribution is 2.16. The van der Waals surface area contributed by atoms with Crippen molar-refractivity contribution < 1.29 is 0 Å². The number of aryl methyl sites for hydroxylation is 1. The van der Waals surface area contributed by atoms with Crippen molar-refractivity contribution in [1.29, 1.82) is 0 Å². The van der Waals surface area contributed by atoms with Gasteiger partial charge in [-0.2, -0.15) is 5.10 Å². The van der Waals surface area contributed by atoms with Crippen LogP contribution in [-0.2, 0) is 13.0 Å². The Labute approximate surface area is 108 Å². The fraction of sp³-hybridized carbons (Fsp3) is 0.364. The third kappa shape index (κ3) is 2.14. The molecule has 0 saturated heterocycles. The van der Waals surface area contributed by atoms with Crippen LogP contribution in [0.25, 0.3) is 4.96 Å². The number of thiazole rings is 1. The lowest BCUT2D eigenvalue weighted by atomic mass is 10.3. The van der Waals surface area contributed by atoms with Crippen molar-refractivity contribution in [2.24, 2.45) is 0 Å². The smallest absolute Gasteiger partial charge is 0.194 e. The molecule has 0 aliphatic heterocycles. The number of fused-ring (bicyclic) bond motifs is 1. The zero-order valence-electron chi connectivity index (χ0n) is 10.1. The van der Waals surface area contributed by atoms with Gasteiger partial charge in [0.2, 0.25) is 0 Å². The van der Waals surface area contributed by atoms with E-state index in [-0.39, 0.29) is 0 Å². The lowest BCUT2D eigenvalue weighted by Gasteiger charge is -2.03. The number of H-pyrrole nitrogens is 1. The molecule has 0 aromatic carbocycles. The van der Waals surface area contributed by atoms with E-state index in [0.717, 1.165) is 36.0 Å². The van der Waals surface area contributed by atoms with Crippen molar-refractivity contribution in [1.82, 2.24) is 29.9 Å². The van der Waals surface area contributed by atoms with Gasteiger partial charge in [-0.1, -0.05) is 0 Å². The molecule has 3 aromatic rings. The van der Waals surface area contributed by atoms with E-state index in [9.17, 15) is 0 Å². The van der Waals surface area contributed by atoms with Crippen LogP contribution in [0.3, 0.4) is 0 Å². The monoisotopic (exact) mass is 262 g/mol. The minimum absolute atomic E-state index is 0.817. The van der Waals surface area contributed by atoms with E-state index in [4.69, 9.17) is 0 Å². The molecule has 94 valence electrons. The molecule has 3 aromatic heterocycles. The molecule has 18 heavy (non-hydrogen) atoms. The number of aromatic nitrogens is 5. The summed E-state index contributed by atoms with van der Waals surface area (Å²) in [5.41, 5.74) is 2.32. The van der Waals surface area contributed by atoms with E-state index in [1.54, 1.807) is 11.3 Å². The van der Waals surface area contributed by atoms with Gasteiger partial charge in [-0.05, 0) is 6.92 Å². The molecule has 7 heteroatoms. The molecule has 0 aliphatic rings. The summed E-state index contributed by atoms with van der Waals surface area (Å²) in [6.45, 7) is 3.73. The van der Waals surface area contributed by atoms with Crippen molar-refractivity contribution in [2.75, 3.05) is 6.54 Å². The fourth-order valence-corrected chi connectivity index (χ4v) is 2.70. The first kappa shape index (κ1) is 11.4. The second kappa shape index (κ2) is 4.87. The molecule has 0 bridgehead atoms. The molecule has 0 unspecified atom stereocenters. The zero-order chi connectivity index (χ0) is 12.4. The minimum Gasteiger partial charge on any atom is -0.311 e. The second-order valence-corrected chi connectivity index (χ2v) is 4.93. The van der Waals surface area contributed by atoms with Gasteiger partial charge in [0.25, 0.3) is 0 Å². The highest BCUT2D eigenvalue weighted by atomic mass is 32.1. The number of nitrogens with one attached hydrogen (secondary N) is 2. The summed E-state index contributed by atoms with van der Waals surface area (Å²) in [5, 5.41) is 12.1. The minimum atomic E-state index is 0.817. The van der Waals surface area contributed by atoms with Crippen molar-refractivity contribution in [2.45, 2.75) is 19.9 Å². The van der Waals surface area contributed by atoms with E-state index in [2.05, 4.69) is 41.5 Å². The Morgan fingerprint density at radius 1 is 1.50 bits per heavy atom. The Morgan fingerprint density at radius 3 is 3.28 bits per heavy atom. The van der Waals surface area contributed by atoms with Crippen LogP contribution < -0.4 is 5.32 Å². The molecule has 0 amide bonds. The van der Waals surface area contributed by atoms with Gasteiger partial charge in [0.05, 0.1) is 11.4 Å². The third-order valence-electron chi connectivity index (χ3n) is 2.86. The lowest BCUT2D eigenvalue weighted by molar-refractivity contribution is 0.656. The van der Waals surface area contributed by atoms with Crippen molar-refractivity contribution in [3.8, 4) is 0 Å². The predicted octanol–water partition coefficient (Wildman–Crippen LogP) is 1.15. The van der Waals surface area contributed by atoms with Crippen molar-refractivity contribution >= 4 is 16.3 Å². The first-order valence-corrected chi connectivity index (χ1v) is 6.68. The quantitative estimate of drug-likeness (QED) is 0.677. The maximum Gasteiger partial charge on any atom is 0.194 e. The summed E-state index contributed by atoms with van der Waals surface area (Å²) >= 11 is 1.66. The van der Waals surface area contributed by atoms with Crippen LogP contribution in [-0.4, -0.2) is 31.1 Å². The molecule has 0 saturated carbocycles. The number of imidazole rings is 1. The van der Waals surface area contributed by atoms with E-state index in [1.807, 2.05) is 6.92 Å². The molecule has 0 atom stereocenters. The molecule has 2 N–H and O–H groups in total. The highest BCUT2D eigenvalue weighted by Gasteiger charge is 2.08. The molecular formula is C11H14N6S. The molecule has 0 fully saturated rings. The summed E-state index contributed by atoms with van der Waals surface area (Å²) in [6.07, 6.45) is 4.45. The van der Waals surface area contributed by atoms with Gasteiger partial charge in [0.1, 0.15) is 12.2 Å². The molecular weight excluding hydrogens is 248 g/mol. The Hall–Kier alpha value is -1.73. The van der Waals surface area contributed by atoms with E-state index in [1.165, 1.54) is 12.0 Å². The third-order valence-corrected chi connectivity index (χ3v) is 3.61. The van der Waals surface area contributed by atoms with Crippen LogP contribution >= 0.6 is 11.3 Å². The summed E-state index contributed by atoms with van der Waals surface area (Å²) in [7, 11) is 0. The lowest BCUT2D eigenvalue weighted by Crippen LogP contribution is -2.18. The topological polar surface area (TPSA) is 70.9 Å². The van der Waals surface area contributed by atoms with Crippen LogP contribution in [0, 0.1) is 6.92 Å². The Morgan fingerprint density at radius 2 is 2.44 bits per heavy atom. The Balaban J connectivity index is 1.59. The molecule has 0 radical (unpaired) electrons. The van der Waals surface area contributed by atoms with Crippen LogP contribution in [0.2, 0.25) is 0 Å². The number of hydrogen-bond acceptors (Lipinski definition) is 5. The van der Waals surface area contributed by atoms with E-state index in [0.29, 0.717) is 0 Å². The second-order valence-electron chi connectivity index (χ2n) is 4.06. The van der Waals surface area contributed by atoms with Gasteiger partial charge in [-0.25, -0.2) is 9.97 Å².